The van der Waals surface area contributed by atoms with E-state index in [1.807, 2.05) is 6.20 Å². The van der Waals surface area contributed by atoms with Crippen molar-refractivity contribution >= 4 is 5.69 Å². The number of aromatic nitrogens is 1. The SMILES string of the molecule is OCCCC1CCN(c2cncc(OCC3CCN3)c2)C1. The second-order valence-corrected chi connectivity index (χ2v) is 6.10. The van der Waals surface area contributed by atoms with Gasteiger partial charge in [0, 0.05) is 31.8 Å². The molecule has 5 nitrogen and oxygen atoms in total. The fourth-order valence-corrected chi connectivity index (χ4v) is 3.03. The van der Waals surface area contributed by atoms with Crippen molar-refractivity contribution in [3.05, 3.63) is 18.5 Å². The zero-order valence-electron chi connectivity index (χ0n) is 12.5. The van der Waals surface area contributed by atoms with Gasteiger partial charge in [0.15, 0.2) is 0 Å². The number of hydrogen-bond donors (Lipinski definition) is 2. The van der Waals surface area contributed by atoms with Crippen molar-refractivity contribution in [3.8, 4) is 5.75 Å². The van der Waals surface area contributed by atoms with E-state index in [0.717, 1.165) is 50.5 Å². The summed E-state index contributed by atoms with van der Waals surface area (Å²) in [6, 6.07) is 2.60. The highest BCUT2D eigenvalue weighted by molar-refractivity contribution is 5.49. The van der Waals surface area contributed by atoms with Crippen LogP contribution in [0.2, 0.25) is 0 Å². The molecular weight excluding hydrogens is 266 g/mol. The van der Waals surface area contributed by atoms with E-state index in [9.17, 15) is 0 Å². The Morgan fingerprint density at radius 3 is 3.05 bits per heavy atom. The maximum absolute atomic E-state index is 8.93. The van der Waals surface area contributed by atoms with Gasteiger partial charge >= 0.3 is 0 Å². The predicted molar refractivity (Wildman–Crippen MR) is 82.8 cm³/mol. The molecule has 3 rings (SSSR count). The van der Waals surface area contributed by atoms with Gasteiger partial charge in [0.25, 0.3) is 0 Å². The van der Waals surface area contributed by atoms with Crippen LogP contribution in [0, 0.1) is 5.92 Å². The van der Waals surface area contributed by atoms with Crippen LogP contribution >= 0.6 is 0 Å². The quantitative estimate of drug-likeness (QED) is 0.796. The summed E-state index contributed by atoms with van der Waals surface area (Å²) in [5.41, 5.74) is 1.15. The third-order valence-electron chi connectivity index (χ3n) is 4.50. The molecule has 116 valence electrons. The molecule has 5 heteroatoms. The lowest BCUT2D eigenvalue weighted by atomic mass is 10.0. The minimum Gasteiger partial charge on any atom is -0.490 e. The third-order valence-corrected chi connectivity index (χ3v) is 4.50. The Labute approximate surface area is 126 Å². The van der Waals surface area contributed by atoms with E-state index in [1.165, 1.54) is 12.8 Å². The van der Waals surface area contributed by atoms with Crippen LogP contribution in [-0.4, -0.2) is 49.0 Å². The van der Waals surface area contributed by atoms with Crippen LogP contribution in [0.5, 0.6) is 5.75 Å². The van der Waals surface area contributed by atoms with Crippen LogP contribution in [-0.2, 0) is 0 Å². The number of ether oxygens (including phenoxy) is 1. The van der Waals surface area contributed by atoms with Gasteiger partial charge in [0.05, 0.1) is 18.1 Å². The molecule has 2 atom stereocenters. The highest BCUT2D eigenvalue weighted by Crippen LogP contribution is 2.28. The van der Waals surface area contributed by atoms with Gasteiger partial charge in [-0.3, -0.25) is 4.98 Å². The summed E-state index contributed by atoms with van der Waals surface area (Å²) in [5.74, 6) is 1.56. The minimum absolute atomic E-state index is 0.302. The maximum Gasteiger partial charge on any atom is 0.139 e. The molecule has 1 aromatic heterocycles. The molecule has 2 N–H and O–H groups in total. The lowest BCUT2D eigenvalue weighted by molar-refractivity contribution is 0.217. The first-order valence-electron chi connectivity index (χ1n) is 8.02. The number of hydrogen-bond acceptors (Lipinski definition) is 5. The molecule has 2 saturated heterocycles. The number of nitrogens with zero attached hydrogens (tertiary/aromatic N) is 2. The molecule has 0 saturated carbocycles. The van der Waals surface area contributed by atoms with Gasteiger partial charge in [0.2, 0.25) is 0 Å². The molecule has 2 aliphatic rings. The number of pyridine rings is 1. The van der Waals surface area contributed by atoms with Crippen molar-refractivity contribution in [3.63, 3.8) is 0 Å². The molecule has 3 heterocycles. The lowest BCUT2D eigenvalue weighted by Gasteiger charge is -2.27. The Bertz CT molecular complexity index is 451. The van der Waals surface area contributed by atoms with Crippen LogP contribution in [0.1, 0.15) is 25.7 Å². The van der Waals surface area contributed by atoms with Crippen molar-refractivity contribution in [2.75, 3.05) is 37.7 Å². The van der Waals surface area contributed by atoms with Crippen LogP contribution < -0.4 is 15.0 Å². The normalized spacial score (nSPS) is 24.9. The lowest BCUT2D eigenvalue weighted by Crippen LogP contribution is -2.46. The first kappa shape index (κ1) is 14.6. The molecule has 21 heavy (non-hydrogen) atoms. The highest BCUT2D eigenvalue weighted by Gasteiger charge is 2.23. The highest BCUT2D eigenvalue weighted by atomic mass is 16.5. The van der Waals surface area contributed by atoms with E-state index in [1.54, 1.807) is 6.20 Å². The summed E-state index contributed by atoms with van der Waals surface area (Å²) in [7, 11) is 0. The summed E-state index contributed by atoms with van der Waals surface area (Å²) in [6.07, 6.45) is 8.14. The number of nitrogens with one attached hydrogen (secondary N) is 1. The number of aliphatic hydroxyl groups excluding tert-OH is 1. The third kappa shape index (κ3) is 3.86. The van der Waals surface area contributed by atoms with Crippen molar-refractivity contribution in [1.82, 2.24) is 10.3 Å². The summed E-state index contributed by atoms with van der Waals surface area (Å²) in [6.45, 7) is 4.27. The Morgan fingerprint density at radius 2 is 2.29 bits per heavy atom. The standard InChI is InChI=1S/C16H25N3O2/c20-7-1-2-13-4-6-19(11-13)15-8-16(10-17-9-15)21-12-14-3-5-18-14/h8-10,13-14,18,20H,1-7,11-12H2. The van der Waals surface area contributed by atoms with Gasteiger partial charge in [-0.15, -0.1) is 0 Å². The van der Waals surface area contributed by atoms with E-state index < -0.39 is 0 Å². The summed E-state index contributed by atoms with van der Waals surface area (Å²) < 4.78 is 5.82. The summed E-state index contributed by atoms with van der Waals surface area (Å²) >= 11 is 0. The second-order valence-electron chi connectivity index (χ2n) is 6.10. The molecule has 0 aromatic carbocycles. The molecule has 0 aliphatic carbocycles. The first-order chi connectivity index (χ1) is 10.3. The molecule has 2 aliphatic heterocycles. The van der Waals surface area contributed by atoms with E-state index in [0.29, 0.717) is 18.6 Å². The van der Waals surface area contributed by atoms with Crippen molar-refractivity contribution in [2.45, 2.75) is 31.7 Å². The molecular formula is C16H25N3O2. The average Bonchev–Trinajstić information content (AvgIpc) is 2.93. The monoisotopic (exact) mass is 291 g/mol. The van der Waals surface area contributed by atoms with Crippen molar-refractivity contribution < 1.29 is 9.84 Å². The van der Waals surface area contributed by atoms with E-state index in [2.05, 4.69) is 21.3 Å². The number of anilines is 1. The van der Waals surface area contributed by atoms with Gasteiger partial charge in [0.1, 0.15) is 12.4 Å². The Hall–Kier alpha value is -1.33. The Morgan fingerprint density at radius 1 is 1.38 bits per heavy atom. The van der Waals surface area contributed by atoms with Crippen molar-refractivity contribution in [2.24, 2.45) is 5.92 Å². The molecule has 1 aromatic rings. The molecule has 2 fully saturated rings. The average molecular weight is 291 g/mol. The first-order valence-corrected chi connectivity index (χ1v) is 8.02. The zero-order chi connectivity index (χ0) is 14.5. The van der Waals surface area contributed by atoms with Crippen LogP contribution in [0.15, 0.2) is 18.5 Å². The molecule has 0 amide bonds. The van der Waals surface area contributed by atoms with Crippen LogP contribution in [0.25, 0.3) is 0 Å². The molecule has 2 unspecified atom stereocenters. The summed E-state index contributed by atoms with van der Waals surface area (Å²) in [5, 5.41) is 12.3. The zero-order valence-corrected chi connectivity index (χ0v) is 12.5. The largest absolute Gasteiger partial charge is 0.490 e. The number of aliphatic hydroxyl groups is 1. The minimum atomic E-state index is 0.302. The topological polar surface area (TPSA) is 57.6 Å². The van der Waals surface area contributed by atoms with Gasteiger partial charge in [-0.1, -0.05) is 0 Å². The second kappa shape index (κ2) is 7.09. The van der Waals surface area contributed by atoms with Gasteiger partial charge in [-0.05, 0) is 38.1 Å². The molecule has 0 radical (unpaired) electrons. The summed E-state index contributed by atoms with van der Waals surface area (Å²) in [4.78, 5) is 6.69. The fraction of sp³-hybridized carbons (Fsp3) is 0.688. The smallest absolute Gasteiger partial charge is 0.139 e. The van der Waals surface area contributed by atoms with Crippen LogP contribution in [0.3, 0.4) is 0 Å². The van der Waals surface area contributed by atoms with Crippen LogP contribution in [0.4, 0.5) is 5.69 Å². The molecule has 0 bridgehead atoms. The van der Waals surface area contributed by atoms with E-state index in [4.69, 9.17) is 9.84 Å². The van der Waals surface area contributed by atoms with Gasteiger partial charge in [-0.2, -0.15) is 0 Å². The van der Waals surface area contributed by atoms with E-state index >= 15 is 0 Å². The fourth-order valence-electron chi connectivity index (χ4n) is 3.03. The Balaban J connectivity index is 1.53. The predicted octanol–water partition coefficient (Wildman–Crippen LogP) is 1.42. The molecule has 0 spiro atoms. The maximum atomic E-state index is 8.93. The van der Waals surface area contributed by atoms with Gasteiger partial charge in [-0.25, -0.2) is 0 Å². The van der Waals surface area contributed by atoms with Gasteiger partial charge < -0.3 is 20.1 Å². The van der Waals surface area contributed by atoms with Crippen molar-refractivity contribution in [1.29, 1.82) is 0 Å². The number of rotatable bonds is 7. The van der Waals surface area contributed by atoms with E-state index in [-0.39, 0.29) is 0 Å². The Kier molecular flexibility index (Phi) is 4.93.